The minimum atomic E-state index is -0.0946. The maximum absolute atomic E-state index is 13.2. The van der Waals surface area contributed by atoms with E-state index in [9.17, 15) is 9.59 Å². The first-order valence-electron chi connectivity index (χ1n) is 10.4. The average molecular weight is 406 g/mol. The van der Waals surface area contributed by atoms with Crippen LogP contribution in [0, 0.1) is 12.8 Å². The molecule has 0 aliphatic carbocycles. The van der Waals surface area contributed by atoms with Gasteiger partial charge in [0.15, 0.2) is 5.82 Å². The number of rotatable bonds is 4. The van der Waals surface area contributed by atoms with Crippen LogP contribution in [0.25, 0.3) is 11.0 Å². The molecule has 7 nitrogen and oxygen atoms in total. The Hall–Kier alpha value is -3.22. The molecule has 156 valence electrons. The second kappa shape index (κ2) is 8.26. The number of aromatic nitrogens is 3. The molecule has 1 aromatic carbocycles. The number of hydrogen-bond donors (Lipinski definition) is 0. The normalized spacial score (nSPS) is 14.5. The standard InChI is InChI=1S/C23H27N5O2/c1-16(2)15-28-20-14-24-9-8-19(20)25-21(23(28)30)26-10-12-27(13-11-26)22(29)18-7-5-4-6-17(18)3/h4-9,14,16H,10-13,15H2,1-3H3. The highest BCUT2D eigenvalue weighted by Gasteiger charge is 2.26. The van der Waals surface area contributed by atoms with Crippen LogP contribution in [0.4, 0.5) is 5.82 Å². The molecule has 0 N–H and O–H groups in total. The molecule has 0 atom stereocenters. The molecule has 2 aromatic heterocycles. The summed E-state index contributed by atoms with van der Waals surface area (Å²) in [4.78, 5) is 38.8. The topological polar surface area (TPSA) is 71.3 Å². The summed E-state index contributed by atoms with van der Waals surface area (Å²) < 4.78 is 1.78. The number of carbonyl (C=O) groups excluding carboxylic acids is 1. The Kier molecular flexibility index (Phi) is 5.53. The Morgan fingerprint density at radius 1 is 1.10 bits per heavy atom. The molecule has 3 heterocycles. The van der Waals surface area contributed by atoms with E-state index in [1.165, 1.54) is 0 Å². The van der Waals surface area contributed by atoms with Gasteiger partial charge in [-0.1, -0.05) is 32.0 Å². The van der Waals surface area contributed by atoms with Crippen LogP contribution >= 0.6 is 0 Å². The van der Waals surface area contributed by atoms with Crippen molar-refractivity contribution in [3.05, 3.63) is 64.2 Å². The van der Waals surface area contributed by atoms with E-state index in [2.05, 4.69) is 23.8 Å². The number of hydrogen-bond acceptors (Lipinski definition) is 5. The third-order valence-electron chi connectivity index (χ3n) is 5.52. The van der Waals surface area contributed by atoms with Crippen molar-refractivity contribution in [3.63, 3.8) is 0 Å². The van der Waals surface area contributed by atoms with E-state index in [0.29, 0.717) is 44.5 Å². The second-order valence-corrected chi connectivity index (χ2v) is 8.20. The van der Waals surface area contributed by atoms with Gasteiger partial charge in [0, 0.05) is 44.5 Å². The Balaban J connectivity index is 1.59. The lowest BCUT2D eigenvalue weighted by Gasteiger charge is -2.35. The van der Waals surface area contributed by atoms with Gasteiger partial charge in [0.25, 0.3) is 11.5 Å². The van der Waals surface area contributed by atoms with Crippen LogP contribution in [0.1, 0.15) is 29.8 Å². The SMILES string of the molecule is Cc1ccccc1C(=O)N1CCN(c2nc3ccncc3n(CC(C)C)c2=O)CC1. The van der Waals surface area contributed by atoms with Crippen molar-refractivity contribution >= 4 is 22.8 Å². The van der Waals surface area contributed by atoms with Crippen LogP contribution in [-0.4, -0.2) is 51.5 Å². The van der Waals surface area contributed by atoms with Gasteiger partial charge < -0.3 is 14.4 Å². The fourth-order valence-corrected chi connectivity index (χ4v) is 3.93. The minimum Gasteiger partial charge on any atom is -0.348 e. The number of pyridine rings is 1. The van der Waals surface area contributed by atoms with Gasteiger partial charge >= 0.3 is 0 Å². The summed E-state index contributed by atoms with van der Waals surface area (Å²) >= 11 is 0. The maximum Gasteiger partial charge on any atom is 0.294 e. The number of benzene rings is 1. The lowest BCUT2D eigenvalue weighted by atomic mass is 10.1. The van der Waals surface area contributed by atoms with E-state index in [1.54, 1.807) is 17.0 Å². The summed E-state index contributed by atoms with van der Waals surface area (Å²) in [6.45, 7) is 9.03. The molecule has 30 heavy (non-hydrogen) atoms. The predicted octanol–water partition coefficient (Wildman–Crippen LogP) is 2.72. The van der Waals surface area contributed by atoms with Gasteiger partial charge in [0.2, 0.25) is 0 Å². The zero-order valence-electron chi connectivity index (χ0n) is 17.7. The predicted molar refractivity (Wildman–Crippen MR) is 118 cm³/mol. The van der Waals surface area contributed by atoms with E-state index < -0.39 is 0 Å². The van der Waals surface area contributed by atoms with Gasteiger partial charge in [0.1, 0.15) is 0 Å². The molecule has 1 amide bonds. The van der Waals surface area contributed by atoms with E-state index in [-0.39, 0.29) is 11.5 Å². The summed E-state index contributed by atoms with van der Waals surface area (Å²) in [5, 5.41) is 0. The summed E-state index contributed by atoms with van der Waals surface area (Å²) in [7, 11) is 0. The molecule has 4 rings (SSSR count). The van der Waals surface area contributed by atoms with Crippen LogP contribution in [0.5, 0.6) is 0 Å². The van der Waals surface area contributed by atoms with Gasteiger partial charge in [0.05, 0.1) is 17.2 Å². The average Bonchev–Trinajstić information content (AvgIpc) is 2.75. The van der Waals surface area contributed by atoms with Crippen LogP contribution < -0.4 is 10.5 Å². The summed E-state index contributed by atoms with van der Waals surface area (Å²) in [6, 6.07) is 9.49. The van der Waals surface area contributed by atoms with Crippen molar-refractivity contribution in [1.82, 2.24) is 19.4 Å². The van der Waals surface area contributed by atoms with Crippen LogP contribution in [-0.2, 0) is 6.54 Å². The third-order valence-corrected chi connectivity index (χ3v) is 5.52. The van der Waals surface area contributed by atoms with Crippen LogP contribution in [0.15, 0.2) is 47.5 Å². The molecule has 0 bridgehead atoms. The lowest BCUT2D eigenvalue weighted by molar-refractivity contribution is 0.0745. The molecule has 7 heteroatoms. The highest BCUT2D eigenvalue weighted by Crippen LogP contribution is 2.18. The molecule has 0 spiro atoms. The zero-order valence-corrected chi connectivity index (χ0v) is 17.7. The molecule has 1 aliphatic heterocycles. The first kappa shape index (κ1) is 20.1. The molecule has 1 aliphatic rings. The molecule has 0 unspecified atom stereocenters. The monoisotopic (exact) mass is 405 g/mol. The summed E-state index contributed by atoms with van der Waals surface area (Å²) in [6.07, 6.45) is 3.40. The number of piperazine rings is 1. The quantitative estimate of drug-likeness (QED) is 0.667. The third kappa shape index (κ3) is 3.79. The van der Waals surface area contributed by atoms with Gasteiger partial charge in [-0.3, -0.25) is 14.6 Å². The van der Waals surface area contributed by atoms with E-state index >= 15 is 0 Å². The molecule has 0 radical (unpaired) electrons. The van der Waals surface area contributed by atoms with Crippen LogP contribution in [0.3, 0.4) is 0 Å². The maximum atomic E-state index is 13.2. The molecular formula is C23H27N5O2. The van der Waals surface area contributed by atoms with Crippen LogP contribution in [0.2, 0.25) is 0 Å². The summed E-state index contributed by atoms with van der Waals surface area (Å²) in [5.41, 5.74) is 3.14. The van der Waals surface area contributed by atoms with E-state index in [1.807, 2.05) is 47.1 Å². The van der Waals surface area contributed by atoms with Crippen molar-refractivity contribution in [2.45, 2.75) is 27.3 Å². The fraction of sp³-hybridized carbons (Fsp3) is 0.391. The highest BCUT2D eigenvalue weighted by molar-refractivity contribution is 5.95. The van der Waals surface area contributed by atoms with Gasteiger partial charge in [-0.15, -0.1) is 0 Å². The summed E-state index contributed by atoms with van der Waals surface area (Å²) in [5.74, 6) is 0.824. The fourth-order valence-electron chi connectivity index (χ4n) is 3.93. The first-order chi connectivity index (χ1) is 14.5. The number of fused-ring (bicyclic) bond motifs is 1. The highest BCUT2D eigenvalue weighted by atomic mass is 16.2. The number of anilines is 1. The lowest BCUT2D eigenvalue weighted by Crippen LogP contribution is -2.50. The molecule has 3 aromatic rings. The van der Waals surface area contributed by atoms with Gasteiger partial charge in [-0.2, -0.15) is 0 Å². The van der Waals surface area contributed by atoms with Crippen molar-refractivity contribution in [2.75, 3.05) is 31.1 Å². The molecular weight excluding hydrogens is 378 g/mol. The van der Waals surface area contributed by atoms with Gasteiger partial charge in [-0.25, -0.2) is 4.98 Å². The molecule has 1 saturated heterocycles. The Bertz CT molecular complexity index is 1130. The first-order valence-corrected chi connectivity index (χ1v) is 10.4. The van der Waals surface area contributed by atoms with Crippen molar-refractivity contribution < 1.29 is 4.79 Å². The Labute approximate surface area is 176 Å². The second-order valence-electron chi connectivity index (χ2n) is 8.20. The number of carbonyl (C=O) groups is 1. The Morgan fingerprint density at radius 3 is 2.53 bits per heavy atom. The van der Waals surface area contributed by atoms with Gasteiger partial charge in [-0.05, 0) is 30.5 Å². The largest absolute Gasteiger partial charge is 0.348 e. The number of amides is 1. The van der Waals surface area contributed by atoms with Crippen molar-refractivity contribution in [3.8, 4) is 0 Å². The smallest absolute Gasteiger partial charge is 0.294 e. The van der Waals surface area contributed by atoms with E-state index in [0.717, 1.165) is 22.2 Å². The molecule has 1 fully saturated rings. The van der Waals surface area contributed by atoms with E-state index in [4.69, 9.17) is 0 Å². The number of nitrogens with zero attached hydrogens (tertiary/aromatic N) is 5. The Morgan fingerprint density at radius 2 is 1.83 bits per heavy atom. The molecule has 0 saturated carbocycles. The zero-order chi connectivity index (χ0) is 21.3. The van der Waals surface area contributed by atoms with Crippen molar-refractivity contribution in [1.29, 1.82) is 0 Å². The number of aryl methyl sites for hydroxylation is 1. The van der Waals surface area contributed by atoms with Crippen molar-refractivity contribution in [2.24, 2.45) is 5.92 Å². The minimum absolute atomic E-state index is 0.0440.